The van der Waals surface area contributed by atoms with Crippen LogP contribution < -0.4 is 4.90 Å². The Balaban J connectivity index is 1.46. The summed E-state index contributed by atoms with van der Waals surface area (Å²) in [5.74, 6) is 0.332. The molecular weight excluding hydrogens is 512 g/mol. The molecule has 1 aromatic heterocycles. The zero-order chi connectivity index (χ0) is 28.2. The maximum Gasteiger partial charge on any atom is 0.0991 e. The summed E-state index contributed by atoms with van der Waals surface area (Å²) < 4.78 is 2.29. The Bertz CT molecular complexity index is 2120. The molecule has 1 atom stereocenters. The van der Waals surface area contributed by atoms with Gasteiger partial charge in [-0.05, 0) is 85.5 Å². The van der Waals surface area contributed by atoms with Crippen molar-refractivity contribution in [2.75, 3.05) is 4.90 Å². The largest absolute Gasteiger partial charge is 0.313 e. The van der Waals surface area contributed by atoms with Gasteiger partial charge in [0.05, 0.1) is 34.3 Å². The molecule has 0 saturated heterocycles. The normalized spacial score (nSPS) is 17.5. The number of fused-ring (bicyclic) bond motifs is 5. The third-order valence-corrected chi connectivity index (χ3v) is 8.83. The first-order valence-electron chi connectivity index (χ1n) is 14.4. The van der Waals surface area contributed by atoms with E-state index in [1.54, 1.807) is 0 Å². The predicted molar refractivity (Wildman–Crippen MR) is 169 cm³/mol. The molecule has 0 N–H and O–H groups in total. The van der Waals surface area contributed by atoms with E-state index in [2.05, 4.69) is 94.4 Å². The Labute approximate surface area is 244 Å². The maximum atomic E-state index is 9.73. The van der Waals surface area contributed by atoms with E-state index in [-0.39, 0.29) is 0 Å². The molecule has 42 heavy (non-hydrogen) atoms. The second-order valence-corrected chi connectivity index (χ2v) is 11.1. The molecule has 8 rings (SSSR count). The zero-order valence-corrected chi connectivity index (χ0v) is 23.0. The molecule has 0 saturated carbocycles. The van der Waals surface area contributed by atoms with Gasteiger partial charge in [-0.25, -0.2) is 0 Å². The van der Waals surface area contributed by atoms with Gasteiger partial charge < -0.3 is 9.47 Å². The van der Waals surface area contributed by atoms with Crippen LogP contribution in [0, 0.1) is 28.6 Å². The van der Waals surface area contributed by atoms with E-state index in [4.69, 9.17) is 0 Å². The second-order valence-electron chi connectivity index (χ2n) is 11.1. The number of allylic oxidation sites excluding steroid dienone is 6. The summed E-state index contributed by atoms with van der Waals surface area (Å²) in [7, 11) is 0. The fraction of sp³-hybridized carbons (Fsp3) is 0.105. The molecule has 0 amide bonds. The van der Waals surface area contributed by atoms with E-state index < -0.39 is 0 Å². The topological polar surface area (TPSA) is 55.8 Å². The van der Waals surface area contributed by atoms with Crippen molar-refractivity contribution in [1.82, 2.24) is 4.57 Å². The number of para-hydroxylation sites is 2. The SMILES string of the molecule is N#Cc1ccc(-n2c3ccc(C#N)cc3c3cccc(C4=C5C(CC=C4)C4=C(C=CCC4)N5c4ccccc4)c32)cc1. The van der Waals surface area contributed by atoms with Gasteiger partial charge in [-0.15, -0.1) is 0 Å². The number of anilines is 1. The molecule has 0 radical (unpaired) electrons. The fourth-order valence-corrected chi connectivity index (χ4v) is 7.05. The van der Waals surface area contributed by atoms with Crippen LogP contribution in [0.5, 0.6) is 0 Å². The molecule has 2 heterocycles. The Morgan fingerprint density at radius 2 is 1.52 bits per heavy atom. The highest BCUT2D eigenvalue weighted by molar-refractivity contribution is 6.13. The van der Waals surface area contributed by atoms with Crippen LogP contribution in [-0.2, 0) is 0 Å². The Kier molecular flexibility index (Phi) is 5.49. The Morgan fingerprint density at radius 1 is 0.714 bits per heavy atom. The molecule has 4 aromatic carbocycles. The molecule has 3 aliphatic rings. The van der Waals surface area contributed by atoms with E-state index in [1.807, 2.05) is 42.5 Å². The quantitative estimate of drug-likeness (QED) is 0.230. The molecule has 4 heteroatoms. The molecule has 2 aliphatic carbocycles. The summed E-state index contributed by atoms with van der Waals surface area (Å²) in [5, 5.41) is 21.3. The number of hydrogen-bond donors (Lipinski definition) is 0. The highest BCUT2D eigenvalue weighted by Crippen LogP contribution is 2.51. The van der Waals surface area contributed by atoms with Gasteiger partial charge in [0.1, 0.15) is 0 Å². The molecule has 0 bridgehead atoms. The van der Waals surface area contributed by atoms with Crippen molar-refractivity contribution < 1.29 is 0 Å². The predicted octanol–water partition coefficient (Wildman–Crippen LogP) is 8.94. The standard InChI is InChI=1S/C38H26N4/c39-23-25-16-19-28(20-17-25)42-36-21-18-26(24-40)22-34(36)33-14-7-13-32(38(33)42)31-12-6-11-30-29-10-4-5-15-35(29)41(37(30)31)27-8-2-1-3-9-27/h1-3,5-9,12-22,30H,4,10-11H2. The van der Waals surface area contributed by atoms with Gasteiger partial charge in [0.2, 0.25) is 0 Å². The Hall–Kier alpha value is -5.58. The number of nitrogens with zero attached hydrogens (tertiary/aromatic N) is 4. The first kappa shape index (κ1) is 24.2. The lowest BCUT2D eigenvalue weighted by atomic mass is 9.83. The van der Waals surface area contributed by atoms with Gasteiger partial charge in [-0.3, -0.25) is 0 Å². The van der Waals surface area contributed by atoms with Crippen molar-refractivity contribution in [3.8, 4) is 17.8 Å². The fourth-order valence-electron chi connectivity index (χ4n) is 7.05. The van der Waals surface area contributed by atoms with Crippen LogP contribution in [0.25, 0.3) is 33.1 Å². The van der Waals surface area contributed by atoms with Gasteiger partial charge in [0, 0.05) is 50.6 Å². The van der Waals surface area contributed by atoms with Crippen LogP contribution in [0.3, 0.4) is 0 Å². The Morgan fingerprint density at radius 3 is 2.33 bits per heavy atom. The lowest BCUT2D eigenvalue weighted by Gasteiger charge is -2.29. The first-order chi connectivity index (χ1) is 20.8. The van der Waals surface area contributed by atoms with Crippen LogP contribution in [0.15, 0.2) is 132 Å². The maximum absolute atomic E-state index is 9.73. The number of aromatic nitrogens is 1. The van der Waals surface area contributed by atoms with Crippen LogP contribution in [0.4, 0.5) is 5.69 Å². The van der Waals surface area contributed by atoms with Crippen molar-refractivity contribution in [1.29, 1.82) is 10.5 Å². The number of nitriles is 2. The van der Waals surface area contributed by atoms with Gasteiger partial charge in [0.15, 0.2) is 0 Å². The minimum Gasteiger partial charge on any atom is -0.313 e. The van der Waals surface area contributed by atoms with Crippen molar-refractivity contribution in [3.63, 3.8) is 0 Å². The van der Waals surface area contributed by atoms with Crippen molar-refractivity contribution in [3.05, 3.63) is 149 Å². The van der Waals surface area contributed by atoms with E-state index >= 15 is 0 Å². The van der Waals surface area contributed by atoms with E-state index in [0.29, 0.717) is 17.0 Å². The van der Waals surface area contributed by atoms with Crippen molar-refractivity contribution >= 4 is 33.1 Å². The van der Waals surface area contributed by atoms with Gasteiger partial charge in [-0.1, -0.05) is 54.6 Å². The van der Waals surface area contributed by atoms with Gasteiger partial charge in [0.25, 0.3) is 0 Å². The summed E-state index contributed by atoms with van der Waals surface area (Å²) >= 11 is 0. The molecule has 0 fully saturated rings. The average Bonchev–Trinajstić information content (AvgIpc) is 3.58. The highest BCUT2D eigenvalue weighted by Gasteiger charge is 2.39. The van der Waals surface area contributed by atoms with E-state index in [1.165, 1.54) is 28.2 Å². The number of rotatable bonds is 3. The highest BCUT2D eigenvalue weighted by atomic mass is 15.2. The van der Waals surface area contributed by atoms with Crippen LogP contribution in [0.1, 0.15) is 36.0 Å². The first-order valence-corrected chi connectivity index (χ1v) is 14.4. The lowest BCUT2D eigenvalue weighted by molar-refractivity contribution is 0.698. The minimum absolute atomic E-state index is 0.332. The molecule has 1 unspecified atom stereocenters. The van der Waals surface area contributed by atoms with Crippen molar-refractivity contribution in [2.45, 2.75) is 19.3 Å². The van der Waals surface area contributed by atoms with Gasteiger partial charge in [-0.2, -0.15) is 10.5 Å². The summed E-state index contributed by atoms with van der Waals surface area (Å²) in [5.41, 5.74) is 12.1. The molecule has 1 aliphatic heterocycles. The van der Waals surface area contributed by atoms with Gasteiger partial charge >= 0.3 is 0 Å². The van der Waals surface area contributed by atoms with Crippen molar-refractivity contribution in [2.24, 2.45) is 5.92 Å². The third-order valence-electron chi connectivity index (χ3n) is 8.83. The van der Waals surface area contributed by atoms with Crippen LogP contribution in [-0.4, -0.2) is 4.57 Å². The molecule has 198 valence electrons. The molecule has 4 nitrogen and oxygen atoms in total. The molecule has 0 spiro atoms. The summed E-state index contributed by atoms with van der Waals surface area (Å²) in [6.07, 6.45) is 12.4. The monoisotopic (exact) mass is 538 g/mol. The molecular formula is C38H26N4. The minimum atomic E-state index is 0.332. The van der Waals surface area contributed by atoms with E-state index in [0.717, 1.165) is 52.3 Å². The summed E-state index contributed by atoms with van der Waals surface area (Å²) in [6.45, 7) is 0. The van der Waals surface area contributed by atoms with Crippen LogP contribution >= 0.6 is 0 Å². The lowest BCUT2D eigenvalue weighted by Crippen LogP contribution is -2.21. The third kappa shape index (κ3) is 3.53. The smallest absolute Gasteiger partial charge is 0.0991 e. The number of hydrogen-bond acceptors (Lipinski definition) is 3. The molecule has 5 aromatic rings. The second kappa shape index (κ2) is 9.51. The van der Waals surface area contributed by atoms with E-state index in [9.17, 15) is 10.5 Å². The summed E-state index contributed by atoms with van der Waals surface area (Å²) in [6, 6.07) is 35.5. The average molecular weight is 539 g/mol. The summed E-state index contributed by atoms with van der Waals surface area (Å²) in [4.78, 5) is 2.48. The van der Waals surface area contributed by atoms with Crippen LogP contribution in [0.2, 0.25) is 0 Å². The number of benzene rings is 4. The zero-order valence-electron chi connectivity index (χ0n) is 23.0.